The molecule has 0 unspecified atom stereocenters. The smallest absolute Gasteiger partial charge is 0.337 e. The highest BCUT2D eigenvalue weighted by Crippen LogP contribution is 2.25. The van der Waals surface area contributed by atoms with Gasteiger partial charge in [0, 0.05) is 26.2 Å². The molecule has 2 rings (SSSR count). The molecule has 0 spiro atoms. The minimum Gasteiger partial charge on any atom is -0.478 e. The first-order valence-electron chi connectivity index (χ1n) is 7.30. The zero-order valence-electron chi connectivity index (χ0n) is 12.5. The van der Waals surface area contributed by atoms with Crippen LogP contribution in [0.3, 0.4) is 0 Å². The summed E-state index contributed by atoms with van der Waals surface area (Å²) in [5.74, 6) is -1.04. The van der Waals surface area contributed by atoms with Crippen molar-refractivity contribution >= 4 is 17.3 Å². The molecule has 0 radical (unpaired) electrons. The molecule has 6 nitrogen and oxygen atoms in total. The van der Waals surface area contributed by atoms with Crippen LogP contribution in [0.2, 0.25) is 0 Å². The van der Waals surface area contributed by atoms with Crippen LogP contribution in [0, 0.1) is 0 Å². The summed E-state index contributed by atoms with van der Waals surface area (Å²) in [5, 5.41) is 9.00. The van der Waals surface area contributed by atoms with E-state index in [4.69, 9.17) is 16.6 Å². The second kappa shape index (κ2) is 6.78. The van der Waals surface area contributed by atoms with Crippen LogP contribution in [-0.4, -0.2) is 60.6 Å². The Bertz CT molecular complexity index is 511. The SMILES string of the molecule is CN1CCN(CCCc2ccc(C(=O)O)c(N)c2N)CC1. The van der Waals surface area contributed by atoms with Crippen LogP contribution < -0.4 is 11.5 Å². The number of piperazine rings is 1. The summed E-state index contributed by atoms with van der Waals surface area (Å²) >= 11 is 0. The van der Waals surface area contributed by atoms with Gasteiger partial charge in [-0.05, 0) is 38.1 Å². The predicted octanol–water partition coefficient (Wildman–Crippen LogP) is 0.729. The van der Waals surface area contributed by atoms with Gasteiger partial charge in [0.05, 0.1) is 16.9 Å². The molecule has 1 aromatic rings. The molecule has 1 aliphatic rings. The van der Waals surface area contributed by atoms with E-state index in [1.807, 2.05) is 0 Å². The van der Waals surface area contributed by atoms with E-state index in [-0.39, 0.29) is 11.3 Å². The highest BCUT2D eigenvalue weighted by molar-refractivity contribution is 5.97. The lowest BCUT2D eigenvalue weighted by molar-refractivity contribution is 0.0698. The van der Waals surface area contributed by atoms with E-state index < -0.39 is 5.97 Å². The number of carboxylic acid groups (broad SMARTS) is 1. The Morgan fingerprint density at radius 3 is 2.48 bits per heavy atom. The first kappa shape index (κ1) is 15.6. The largest absolute Gasteiger partial charge is 0.478 e. The number of nitrogens with zero attached hydrogens (tertiary/aromatic N) is 2. The quantitative estimate of drug-likeness (QED) is 0.692. The van der Waals surface area contributed by atoms with Crippen LogP contribution in [0.1, 0.15) is 22.3 Å². The number of aryl methyl sites for hydroxylation is 1. The lowest BCUT2D eigenvalue weighted by Gasteiger charge is -2.32. The average molecular weight is 292 g/mol. The zero-order valence-corrected chi connectivity index (χ0v) is 12.5. The molecule has 0 bridgehead atoms. The number of likely N-dealkylation sites (N-methyl/N-ethyl adjacent to an activating group) is 1. The number of anilines is 2. The molecular formula is C15H24N4O2. The molecule has 0 aromatic heterocycles. The van der Waals surface area contributed by atoms with Crippen molar-refractivity contribution in [3.05, 3.63) is 23.3 Å². The number of carboxylic acids is 1. The Hall–Kier alpha value is -1.79. The first-order chi connectivity index (χ1) is 9.99. The molecule has 0 aliphatic carbocycles. The fourth-order valence-electron chi connectivity index (χ4n) is 2.65. The summed E-state index contributed by atoms with van der Waals surface area (Å²) < 4.78 is 0. The van der Waals surface area contributed by atoms with Crippen molar-refractivity contribution in [1.82, 2.24) is 9.80 Å². The molecule has 1 heterocycles. The van der Waals surface area contributed by atoms with E-state index in [0.717, 1.165) is 51.1 Å². The number of nitrogens with two attached hydrogens (primary N) is 2. The van der Waals surface area contributed by atoms with E-state index >= 15 is 0 Å². The van der Waals surface area contributed by atoms with Crippen molar-refractivity contribution in [2.24, 2.45) is 0 Å². The van der Waals surface area contributed by atoms with Crippen LogP contribution in [0.4, 0.5) is 11.4 Å². The Balaban J connectivity index is 1.89. The molecule has 1 saturated heterocycles. The second-order valence-electron chi connectivity index (χ2n) is 5.65. The maximum atomic E-state index is 11.0. The zero-order chi connectivity index (χ0) is 15.4. The van der Waals surface area contributed by atoms with E-state index in [1.54, 1.807) is 12.1 Å². The summed E-state index contributed by atoms with van der Waals surface area (Å²) in [4.78, 5) is 15.8. The van der Waals surface area contributed by atoms with Gasteiger partial charge in [-0.3, -0.25) is 0 Å². The van der Waals surface area contributed by atoms with Crippen molar-refractivity contribution in [3.8, 4) is 0 Å². The fourth-order valence-corrected chi connectivity index (χ4v) is 2.65. The van der Waals surface area contributed by atoms with Gasteiger partial charge in [0.25, 0.3) is 0 Å². The van der Waals surface area contributed by atoms with Gasteiger partial charge in [-0.1, -0.05) is 6.07 Å². The van der Waals surface area contributed by atoms with E-state index in [1.165, 1.54) is 0 Å². The normalized spacial score (nSPS) is 17.0. The third-order valence-electron chi connectivity index (χ3n) is 4.12. The number of hydrogen-bond donors (Lipinski definition) is 3. The number of rotatable bonds is 5. The molecule has 1 aromatic carbocycles. The second-order valence-corrected chi connectivity index (χ2v) is 5.65. The van der Waals surface area contributed by atoms with Crippen LogP contribution >= 0.6 is 0 Å². The summed E-state index contributed by atoms with van der Waals surface area (Å²) in [7, 11) is 2.14. The van der Waals surface area contributed by atoms with Crippen LogP contribution in [0.25, 0.3) is 0 Å². The lowest BCUT2D eigenvalue weighted by atomic mass is 10.0. The van der Waals surface area contributed by atoms with Gasteiger partial charge < -0.3 is 26.4 Å². The molecule has 5 N–H and O–H groups in total. The summed E-state index contributed by atoms with van der Waals surface area (Å²) in [6, 6.07) is 3.32. The fraction of sp³-hybridized carbons (Fsp3) is 0.533. The minimum atomic E-state index is -1.04. The van der Waals surface area contributed by atoms with Gasteiger partial charge in [-0.2, -0.15) is 0 Å². The van der Waals surface area contributed by atoms with Gasteiger partial charge in [0.15, 0.2) is 0 Å². The number of benzene rings is 1. The predicted molar refractivity (Wildman–Crippen MR) is 84.5 cm³/mol. The third-order valence-corrected chi connectivity index (χ3v) is 4.12. The Morgan fingerprint density at radius 1 is 1.19 bits per heavy atom. The molecule has 21 heavy (non-hydrogen) atoms. The lowest BCUT2D eigenvalue weighted by Crippen LogP contribution is -2.44. The van der Waals surface area contributed by atoms with Crippen molar-refractivity contribution in [2.45, 2.75) is 12.8 Å². The number of aromatic carboxylic acids is 1. The van der Waals surface area contributed by atoms with Crippen LogP contribution in [0.15, 0.2) is 12.1 Å². The molecule has 0 saturated carbocycles. The van der Waals surface area contributed by atoms with E-state index in [9.17, 15) is 4.79 Å². The topological polar surface area (TPSA) is 95.8 Å². The van der Waals surface area contributed by atoms with E-state index in [2.05, 4.69) is 16.8 Å². The number of carbonyl (C=O) groups is 1. The molecule has 116 valence electrons. The molecule has 0 amide bonds. The third kappa shape index (κ3) is 3.86. The van der Waals surface area contributed by atoms with Gasteiger partial charge in [0.1, 0.15) is 0 Å². The molecule has 1 aliphatic heterocycles. The molecule has 1 fully saturated rings. The molecular weight excluding hydrogens is 268 g/mol. The number of nitrogen functional groups attached to an aromatic ring is 2. The van der Waals surface area contributed by atoms with E-state index in [0.29, 0.717) is 5.69 Å². The van der Waals surface area contributed by atoms with Gasteiger partial charge in [-0.25, -0.2) is 4.79 Å². The summed E-state index contributed by atoms with van der Waals surface area (Å²) in [5.41, 5.74) is 13.3. The molecule has 0 atom stereocenters. The Morgan fingerprint density at radius 2 is 1.86 bits per heavy atom. The summed E-state index contributed by atoms with van der Waals surface area (Å²) in [6.07, 6.45) is 1.82. The van der Waals surface area contributed by atoms with Gasteiger partial charge in [-0.15, -0.1) is 0 Å². The van der Waals surface area contributed by atoms with Crippen molar-refractivity contribution in [3.63, 3.8) is 0 Å². The van der Waals surface area contributed by atoms with Crippen LogP contribution in [-0.2, 0) is 6.42 Å². The minimum absolute atomic E-state index is 0.0790. The Kier molecular flexibility index (Phi) is 5.03. The first-order valence-corrected chi connectivity index (χ1v) is 7.30. The standard InChI is InChI=1S/C15H24N4O2/c1-18-7-9-19(10-8-18)6-2-3-11-4-5-12(15(20)21)14(17)13(11)16/h4-5H,2-3,6-10,16-17H2,1H3,(H,20,21). The van der Waals surface area contributed by atoms with Crippen LogP contribution in [0.5, 0.6) is 0 Å². The average Bonchev–Trinajstić information content (AvgIpc) is 2.45. The highest BCUT2D eigenvalue weighted by Gasteiger charge is 2.15. The van der Waals surface area contributed by atoms with Crippen molar-refractivity contribution < 1.29 is 9.90 Å². The highest BCUT2D eigenvalue weighted by atomic mass is 16.4. The molecule has 6 heteroatoms. The monoisotopic (exact) mass is 292 g/mol. The maximum Gasteiger partial charge on any atom is 0.337 e. The van der Waals surface area contributed by atoms with Gasteiger partial charge in [0.2, 0.25) is 0 Å². The van der Waals surface area contributed by atoms with Gasteiger partial charge >= 0.3 is 5.97 Å². The van der Waals surface area contributed by atoms with Crippen molar-refractivity contribution in [1.29, 1.82) is 0 Å². The number of hydrogen-bond acceptors (Lipinski definition) is 5. The van der Waals surface area contributed by atoms with Crippen molar-refractivity contribution in [2.75, 3.05) is 51.2 Å². The Labute approximate surface area is 125 Å². The maximum absolute atomic E-state index is 11.0. The summed E-state index contributed by atoms with van der Waals surface area (Å²) in [6.45, 7) is 5.47.